The summed E-state index contributed by atoms with van der Waals surface area (Å²) in [6, 6.07) is 14.6. The van der Waals surface area contributed by atoms with Crippen LogP contribution in [0.4, 0.5) is 11.4 Å². The first-order valence-electron chi connectivity index (χ1n) is 5.81. The first-order valence-corrected chi connectivity index (χ1v) is 5.81. The van der Waals surface area contributed by atoms with Gasteiger partial charge in [-0.15, -0.1) is 0 Å². The first-order chi connectivity index (χ1) is 9.20. The second-order valence-corrected chi connectivity index (χ2v) is 3.98. The molecule has 0 unspecified atom stereocenters. The van der Waals surface area contributed by atoms with Crippen LogP contribution in [0, 0.1) is 10.1 Å². The highest BCUT2D eigenvalue weighted by Crippen LogP contribution is 2.27. The normalized spacial score (nSPS) is 9.95. The second-order valence-electron chi connectivity index (χ2n) is 3.98. The van der Waals surface area contributed by atoms with Gasteiger partial charge in [0.15, 0.2) is 5.75 Å². The molecule has 0 aromatic heterocycles. The largest absolute Gasteiger partial charge is 0.490 e. The van der Waals surface area contributed by atoms with Crippen molar-refractivity contribution >= 4 is 11.4 Å². The van der Waals surface area contributed by atoms with Crippen LogP contribution in [-0.2, 0) is 6.54 Å². The van der Waals surface area contributed by atoms with Crippen LogP contribution in [0.1, 0.15) is 5.56 Å². The van der Waals surface area contributed by atoms with E-state index in [2.05, 4.69) is 5.32 Å². The molecule has 0 saturated heterocycles. The number of para-hydroxylation sites is 1. The molecule has 5 heteroatoms. The number of nitrogens with one attached hydrogen (secondary N) is 1. The first kappa shape index (κ1) is 12.9. The van der Waals surface area contributed by atoms with Crippen molar-refractivity contribution in [3.63, 3.8) is 0 Å². The summed E-state index contributed by atoms with van der Waals surface area (Å²) in [6.07, 6.45) is 0. The molecule has 98 valence electrons. The molecule has 0 aliphatic rings. The Morgan fingerprint density at radius 3 is 2.58 bits per heavy atom. The van der Waals surface area contributed by atoms with Crippen LogP contribution in [0.3, 0.4) is 0 Å². The highest BCUT2D eigenvalue weighted by atomic mass is 16.6. The summed E-state index contributed by atoms with van der Waals surface area (Å²) >= 11 is 0. The van der Waals surface area contributed by atoms with Crippen LogP contribution < -0.4 is 10.1 Å². The average Bonchev–Trinajstić information content (AvgIpc) is 2.46. The number of hydrogen-bond donors (Lipinski definition) is 1. The van der Waals surface area contributed by atoms with E-state index in [9.17, 15) is 10.1 Å². The minimum absolute atomic E-state index is 0.0186. The van der Waals surface area contributed by atoms with E-state index in [1.807, 2.05) is 36.4 Å². The molecule has 0 radical (unpaired) electrons. The predicted molar refractivity (Wildman–Crippen MR) is 73.4 cm³/mol. The zero-order chi connectivity index (χ0) is 13.7. The molecule has 0 aliphatic carbocycles. The third kappa shape index (κ3) is 3.22. The Bertz CT molecular complexity index is 570. The van der Waals surface area contributed by atoms with E-state index in [4.69, 9.17) is 4.74 Å². The Kier molecular flexibility index (Phi) is 3.97. The average molecular weight is 258 g/mol. The van der Waals surface area contributed by atoms with E-state index in [-0.39, 0.29) is 11.4 Å². The van der Waals surface area contributed by atoms with Crippen molar-refractivity contribution < 1.29 is 9.66 Å². The van der Waals surface area contributed by atoms with E-state index < -0.39 is 4.92 Å². The van der Waals surface area contributed by atoms with E-state index in [1.54, 1.807) is 6.07 Å². The number of nitrogens with zero attached hydrogens (tertiary/aromatic N) is 1. The molecule has 2 aromatic rings. The van der Waals surface area contributed by atoms with Crippen molar-refractivity contribution in [2.45, 2.75) is 6.54 Å². The van der Waals surface area contributed by atoms with Gasteiger partial charge in [0, 0.05) is 18.3 Å². The van der Waals surface area contributed by atoms with Gasteiger partial charge >= 0.3 is 5.69 Å². The van der Waals surface area contributed by atoms with Crippen LogP contribution in [0.25, 0.3) is 0 Å². The third-order valence-electron chi connectivity index (χ3n) is 2.71. The number of nitro benzene ring substituents is 1. The van der Waals surface area contributed by atoms with Gasteiger partial charge in [-0.3, -0.25) is 10.1 Å². The maximum Gasteiger partial charge on any atom is 0.311 e. The standard InChI is InChI=1S/C14H14N2O3/c1-19-14-8-7-11(9-13(14)16(17)18)10-15-12-5-3-2-4-6-12/h2-9,15H,10H2,1H3. The van der Waals surface area contributed by atoms with Crippen LogP contribution >= 0.6 is 0 Å². The number of ether oxygens (including phenoxy) is 1. The lowest BCUT2D eigenvalue weighted by Gasteiger charge is -2.07. The summed E-state index contributed by atoms with van der Waals surface area (Å²) in [5, 5.41) is 14.1. The molecular formula is C14H14N2O3. The summed E-state index contributed by atoms with van der Waals surface area (Å²) in [5.74, 6) is 0.272. The van der Waals surface area contributed by atoms with Crippen LogP contribution in [-0.4, -0.2) is 12.0 Å². The van der Waals surface area contributed by atoms with Gasteiger partial charge in [-0.1, -0.05) is 24.3 Å². The fourth-order valence-corrected chi connectivity index (χ4v) is 1.75. The molecule has 0 bridgehead atoms. The van der Waals surface area contributed by atoms with Crippen molar-refractivity contribution in [1.82, 2.24) is 0 Å². The number of anilines is 1. The summed E-state index contributed by atoms with van der Waals surface area (Å²) in [6.45, 7) is 0.523. The van der Waals surface area contributed by atoms with Crippen LogP contribution in [0.15, 0.2) is 48.5 Å². The summed E-state index contributed by atoms with van der Waals surface area (Å²) in [7, 11) is 1.42. The smallest absolute Gasteiger partial charge is 0.311 e. The number of benzene rings is 2. The zero-order valence-corrected chi connectivity index (χ0v) is 10.5. The van der Waals surface area contributed by atoms with Crippen molar-refractivity contribution in [3.05, 3.63) is 64.2 Å². The Hall–Kier alpha value is -2.56. The van der Waals surface area contributed by atoms with E-state index in [0.717, 1.165) is 11.3 Å². The predicted octanol–water partition coefficient (Wildman–Crippen LogP) is 3.22. The summed E-state index contributed by atoms with van der Waals surface area (Å²) in [5.41, 5.74) is 1.78. The molecule has 1 N–H and O–H groups in total. The molecule has 0 saturated carbocycles. The fourth-order valence-electron chi connectivity index (χ4n) is 1.75. The topological polar surface area (TPSA) is 64.4 Å². The Balaban J connectivity index is 2.13. The quantitative estimate of drug-likeness (QED) is 0.660. The van der Waals surface area contributed by atoms with Gasteiger partial charge in [-0.05, 0) is 23.8 Å². The van der Waals surface area contributed by atoms with Crippen molar-refractivity contribution in [2.75, 3.05) is 12.4 Å². The number of rotatable bonds is 5. The SMILES string of the molecule is COc1ccc(CNc2ccccc2)cc1[N+](=O)[O-]. The molecule has 0 fully saturated rings. The molecule has 0 atom stereocenters. The van der Waals surface area contributed by atoms with Gasteiger partial charge in [0.25, 0.3) is 0 Å². The summed E-state index contributed by atoms with van der Waals surface area (Å²) < 4.78 is 4.96. The van der Waals surface area contributed by atoms with Gasteiger partial charge in [0.05, 0.1) is 12.0 Å². The molecular weight excluding hydrogens is 244 g/mol. The summed E-state index contributed by atoms with van der Waals surface area (Å²) in [4.78, 5) is 10.5. The molecule has 0 spiro atoms. The lowest BCUT2D eigenvalue weighted by Crippen LogP contribution is -2.01. The second kappa shape index (κ2) is 5.86. The van der Waals surface area contributed by atoms with Crippen molar-refractivity contribution in [1.29, 1.82) is 0 Å². The number of hydrogen-bond acceptors (Lipinski definition) is 4. The fraction of sp³-hybridized carbons (Fsp3) is 0.143. The zero-order valence-electron chi connectivity index (χ0n) is 10.5. The van der Waals surface area contributed by atoms with E-state index in [1.165, 1.54) is 13.2 Å². The lowest BCUT2D eigenvalue weighted by atomic mass is 10.2. The Morgan fingerprint density at radius 1 is 1.21 bits per heavy atom. The molecule has 2 aromatic carbocycles. The molecule has 19 heavy (non-hydrogen) atoms. The van der Waals surface area contributed by atoms with Gasteiger partial charge in [0.2, 0.25) is 0 Å². The van der Waals surface area contributed by atoms with Crippen molar-refractivity contribution in [3.8, 4) is 5.75 Å². The highest BCUT2D eigenvalue weighted by molar-refractivity contribution is 5.50. The lowest BCUT2D eigenvalue weighted by molar-refractivity contribution is -0.385. The minimum Gasteiger partial charge on any atom is -0.490 e. The monoisotopic (exact) mass is 258 g/mol. The molecule has 0 aliphatic heterocycles. The van der Waals surface area contributed by atoms with Crippen molar-refractivity contribution in [2.24, 2.45) is 0 Å². The van der Waals surface area contributed by atoms with Gasteiger partial charge in [-0.2, -0.15) is 0 Å². The van der Waals surface area contributed by atoms with Crippen LogP contribution in [0.5, 0.6) is 5.75 Å². The highest BCUT2D eigenvalue weighted by Gasteiger charge is 2.14. The maximum absolute atomic E-state index is 10.9. The third-order valence-corrected chi connectivity index (χ3v) is 2.71. The Morgan fingerprint density at radius 2 is 1.95 bits per heavy atom. The minimum atomic E-state index is -0.440. The van der Waals surface area contributed by atoms with Gasteiger partial charge < -0.3 is 10.1 Å². The Labute approximate surface area is 111 Å². The molecule has 5 nitrogen and oxygen atoms in total. The van der Waals surface area contributed by atoms with Gasteiger partial charge in [0.1, 0.15) is 0 Å². The molecule has 2 rings (SSSR count). The van der Waals surface area contributed by atoms with E-state index >= 15 is 0 Å². The molecule has 0 heterocycles. The molecule has 0 amide bonds. The van der Waals surface area contributed by atoms with Gasteiger partial charge in [-0.25, -0.2) is 0 Å². The van der Waals surface area contributed by atoms with E-state index in [0.29, 0.717) is 6.54 Å². The van der Waals surface area contributed by atoms with Crippen LogP contribution in [0.2, 0.25) is 0 Å². The maximum atomic E-state index is 10.9. The number of methoxy groups -OCH3 is 1. The number of nitro groups is 1.